The summed E-state index contributed by atoms with van der Waals surface area (Å²) in [5, 5.41) is 8.80. The number of nitrogens with zero attached hydrogens (tertiary/aromatic N) is 3. The molecule has 5 rings (SSSR count). The van der Waals surface area contributed by atoms with Crippen LogP contribution in [0, 0.1) is 0 Å². The van der Waals surface area contributed by atoms with Crippen molar-refractivity contribution in [2.75, 3.05) is 5.32 Å². The molecule has 1 N–H and O–H groups in total. The van der Waals surface area contributed by atoms with Gasteiger partial charge in [-0.2, -0.15) is 0 Å². The lowest BCUT2D eigenvalue weighted by molar-refractivity contribution is 0.0988. The van der Waals surface area contributed by atoms with E-state index in [1.807, 2.05) is 76.8 Å². The minimum atomic E-state index is -0.343. The fraction of sp³-hybridized carbons (Fsp3) is 0. The highest BCUT2D eigenvalue weighted by Crippen LogP contribution is 2.24. The van der Waals surface area contributed by atoms with Crippen molar-refractivity contribution < 1.29 is 9.32 Å². The molecule has 7 heteroatoms. The second kappa shape index (κ2) is 6.79. The van der Waals surface area contributed by atoms with Gasteiger partial charge in [0.1, 0.15) is 5.69 Å². The van der Waals surface area contributed by atoms with Crippen molar-refractivity contribution in [3.63, 3.8) is 0 Å². The molecule has 0 bridgehead atoms. The molecule has 0 spiro atoms. The predicted octanol–water partition coefficient (Wildman–Crippen LogP) is 4.97. The summed E-state index contributed by atoms with van der Waals surface area (Å²) < 4.78 is 7.19. The van der Waals surface area contributed by atoms with Crippen LogP contribution < -0.4 is 5.32 Å². The summed E-state index contributed by atoms with van der Waals surface area (Å²) in [7, 11) is 0. The van der Waals surface area contributed by atoms with E-state index in [1.54, 1.807) is 17.4 Å². The van der Waals surface area contributed by atoms with E-state index in [0.717, 1.165) is 21.8 Å². The van der Waals surface area contributed by atoms with Gasteiger partial charge in [-0.1, -0.05) is 47.6 Å². The summed E-state index contributed by atoms with van der Waals surface area (Å²) in [5.74, 6) is -0.179. The van der Waals surface area contributed by atoms with E-state index in [0.29, 0.717) is 11.4 Å². The lowest BCUT2D eigenvalue weighted by Crippen LogP contribution is -2.10. The molecular formula is C21H14N4O2S. The first-order chi connectivity index (χ1) is 13.8. The van der Waals surface area contributed by atoms with E-state index in [4.69, 9.17) is 4.52 Å². The average molecular weight is 386 g/mol. The Morgan fingerprint density at radius 2 is 1.79 bits per heavy atom. The molecule has 136 valence electrons. The van der Waals surface area contributed by atoms with E-state index in [9.17, 15) is 4.79 Å². The highest BCUT2D eigenvalue weighted by Gasteiger charge is 2.14. The fourth-order valence-electron chi connectivity index (χ4n) is 2.91. The van der Waals surface area contributed by atoms with Crippen molar-refractivity contribution >= 4 is 27.9 Å². The molecule has 3 aromatic heterocycles. The van der Waals surface area contributed by atoms with Crippen LogP contribution in [0.15, 0.2) is 83.0 Å². The largest absolute Gasteiger partial charge is 0.350 e. The van der Waals surface area contributed by atoms with Crippen molar-refractivity contribution in [3.8, 4) is 22.5 Å². The first-order valence-corrected chi connectivity index (χ1v) is 9.50. The molecule has 3 heterocycles. The van der Waals surface area contributed by atoms with Crippen LogP contribution in [0.2, 0.25) is 0 Å². The van der Waals surface area contributed by atoms with Gasteiger partial charge in [0.2, 0.25) is 5.76 Å². The molecule has 5 aromatic rings. The maximum atomic E-state index is 12.4. The van der Waals surface area contributed by atoms with Crippen molar-refractivity contribution in [2.45, 2.75) is 0 Å². The van der Waals surface area contributed by atoms with Gasteiger partial charge in [-0.3, -0.25) is 9.20 Å². The Bertz CT molecular complexity index is 1220. The van der Waals surface area contributed by atoms with Crippen molar-refractivity contribution in [1.29, 1.82) is 0 Å². The Morgan fingerprint density at radius 1 is 1.00 bits per heavy atom. The number of hydrogen-bond acceptors (Lipinski definition) is 5. The maximum Gasteiger partial charge on any atom is 0.294 e. The van der Waals surface area contributed by atoms with Crippen LogP contribution in [0.1, 0.15) is 10.6 Å². The number of thiazole rings is 1. The van der Waals surface area contributed by atoms with Crippen molar-refractivity contribution in [1.82, 2.24) is 14.5 Å². The number of amides is 1. The Labute approximate surface area is 164 Å². The second-order valence-corrected chi connectivity index (χ2v) is 7.07. The number of rotatable bonds is 4. The number of fused-ring (bicyclic) bond motifs is 1. The van der Waals surface area contributed by atoms with Crippen molar-refractivity contribution in [3.05, 3.63) is 84.2 Å². The van der Waals surface area contributed by atoms with Crippen LogP contribution in [0.4, 0.5) is 5.69 Å². The normalized spacial score (nSPS) is 11.0. The van der Waals surface area contributed by atoms with Gasteiger partial charge in [-0.05, 0) is 12.1 Å². The number of carbonyl (C=O) groups excluding carboxylic acids is 1. The van der Waals surface area contributed by atoms with Crippen LogP contribution in [-0.2, 0) is 0 Å². The number of carbonyl (C=O) groups is 1. The molecular weight excluding hydrogens is 372 g/mol. The number of anilines is 1. The predicted molar refractivity (Wildman–Crippen MR) is 108 cm³/mol. The van der Waals surface area contributed by atoms with Gasteiger partial charge >= 0.3 is 0 Å². The molecule has 0 fully saturated rings. The summed E-state index contributed by atoms with van der Waals surface area (Å²) >= 11 is 1.59. The molecule has 0 saturated heterocycles. The van der Waals surface area contributed by atoms with Gasteiger partial charge in [0.25, 0.3) is 5.91 Å². The van der Waals surface area contributed by atoms with Gasteiger partial charge in [0.15, 0.2) is 4.96 Å². The highest BCUT2D eigenvalue weighted by molar-refractivity contribution is 7.15. The molecule has 0 radical (unpaired) electrons. The van der Waals surface area contributed by atoms with Gasteiger partial charge in [0.05, 0.1) is 5.69 Å². The monoisotopic (exact) mass is 386 g/mol. The minimum Gasteiger partial charge on any atom is -0.350 e. The molecule has 0 unspecified atom stereocenters. The third-order valence-electron chi connectivity index (χ3n) is 4.34. The SMILES string of the molecule is O=C(Nc1ccc(-c2cn3ccsc3n2)cc1)c1cc(-c2ccccc2)no1. The number of benzene rings is 2. The third-order valence-corrected chi connectivity index (χ3v) is 5.11. The minimum absolute atomic E-state index is 0.164. The molecule has 28 heavy (non-hydrogen) atoms. The summed E-state index contributed by atoms with van der Waals surface area (Å²) in [6.45, 7) is 0. The standard InChI is InChI=1S/C21H14N4O2S/c26-20(19-12-17(24-27-19)14-4-2-1-3-5-14)22-16-8-6-15(7-9-16)18-13-25-10-11-28-21(25)23-18/h1-13H,(H,22,26). The topological polar surface area (TPSA) is 72.4 Å². The van der Waals surface area contributed by atoms with E-state index < -0.39 is 0 Å². The summed E-state index contributed by atoms with van der Waals surface area (Å²) in [5.41, 5.74) is 4.08. The smallest absolute Gasteiger partial charge is 0.294 e. The van der Waals surface area contributed by atoms with Gasteiger partial charge < -0.3 is 9.84 Å². The van der Waals surface area contributed by atoms with E-state index in [2.05, 4.69) is 15.5 Å². The van der Waals surface area contributed by atoms with Crippen LogP contribution in [0.3, 0.4) is 0 Å². The number of imidazole rings is 1. The number of nitrogens with one attached hydrogen (secondary N) is 1. The molecule has 0 aliphatic heterocycles. The Balaban J connectivity index is 1.31. The zero-order valence-electron chi connectivity index (χ0n) is 14.6. The zero-order chi connectivity index (χ0) is 18.9. The van der Waals surface area contributed by atoms with Crippen LogP contribution in [0.5, 0.6) is 0 Å². The van der Waals surface area contributed by atoms with Gasteiger partial charge in [-0.15, -0.1) is 11.3 Å². The van der Waals surface area contributed by atoms with E-state index >= 15 is 0 Å². The van der Waals surface area contributed by atoms with Crippen molar-refractivity contribution in [2.24, 2.45) is 0 Å². The lowest BCUT2D eigenvalue weighted by atomic mass is 10.1. The summed E-state index contributed by atoms with van der Waals surface area (Å²) in [6, 6.07) is 18.8. The Morgan fingerprint density at radius 3 is 2.57 bits per heavy atom. The van der Waals surface area contributed by atoms with E-state index in [1.165, 1.54) is 0 Å². The molecule has 6 nitrogen and oxygen atoms in total. The first kappa shape index (κ1) is 16.5. The Kier molecular flexibility index (Phi) is 3.99. The molecule has 0 aliphatic carbocycles. The lowest BCUT2D eigenvalue weighted by Gasteiger charge is -2.03. The highest BCUT2D eigenvalue weighted by atomic mass is 32.1. The zero-order valence-corrected chi connectivity index (χ0v) is 15.4. The quantitative estimate of drug-likeness (QED) is 0.473. The average Bonchev–Trinajstić information content (AvgIpc) is 3.45. The molecule has 0 saturated carbocycles. The summed E-state index contributed by atoms with van der Waals surface area (Å²) in [4.78, 5) is 18.0. The second-order valence-electron chi connectivity index (χ2n) is 6.19. The van der Waals surface area contributed by atoms with Crippen LogP contribution in [-0.4, -0.2) is 20.4 Å². The molecule has 1 amide bonds. The maximum absolute atomic E-state index is 12.4. The molecule has 0 aliphatic rings. The number of aromatic nitrogens is 3. The fourth-order valence-corrected chi connectivity index (χ4v) is 3.61. The van der Waals surface area contributed by atoms with Gasteiger partial charge in [0, 0.05) is 40.7 Å². The first-order valence-electron chi connectivity index (χ1n) is 8.62. The number of hydrogen-bond donors (Lipinski definition) is 1. The third kappa shape index (κ3) is 3.08. The summed E-state index contributed by atoms with van der Waals surface area (Å²) in [6.07, 6.45) is 3.96. The van der Waals surface area contributed by atoms with Gasteiger partial charge in [-0.25, -0.2) is 4.98 Å². The van der Waals surface area contributed by atoms with Crippen LogP contribution >= 0.6 is 11.3 Å². The van der Waals surface area contributed by atoms with E-state index in [-0.39, 0.29) is 11.7 Å². The van der Waals surface area contributed by atoms with Crippen LogP contribution in [0.25, 0.3) is 27.5 Å². The Hall–Kier alpha value is -3.71. The molecule has 2 aromatic carbocycles. The molecule has 0 atom stereocenters.